The van der Waals surface area contributed by atoms with E-state index in [2.05, 4.69) is 15.8 Å². The van der Waals surface area contributed by atoms with Gasteiger partial charge in [-0.25, -0.2) is 10.2 Å². The largest absolute Gasteiger partial charge is 0.482 e. The molecule has 0 heterocycles. The van der Waals surface area contributed by atoms with Crippen LogP contribution in [0.25, 0.3) is 0 Å². The van der Waals surface area contributed by atoms with Crippen molar-refractivity contribution in [3.05, 3.63) is 59.1 Å². The fraction of sp³-hybridized carbons (Fsp3) is 0.238. The van der Waals surface area contributed by atoms with Gasteiger partial charge in [-0.1, -0.05) is 23.7 Å². The molecule has 0 radical (unpaired) electrons. The molecule has 9 heteroatoms. The van der Waals surface area contributed by atoms with Crippen molar-refractivity contribution >= 4 is 41.3 Å². The van der Waals surface area contributed by atoms with Gasteiger partial charge in [0.25, 0.3) is 0 Å². The highest BCUT2D eigenvalue weighted by atomic mass is 35.5. The quantitative estimate of drug-likeness (QED) is 0.341. The lowest BCUT2D eigenvalue weighted by molar-refractivity contribution is -0.145. The van der Waals surface area contributed by atoms with Crippen molar-refractivity contribution in [2.24, 2.45) is 5.10 Å². The number of nitrogens with zero attached hydrogens (tertiary/aromatic N) is 1. The molecule has 0 atom stereocenters. The normalized spacial score (nSPS) is 10.5. The lowest BCUT2D eigenvalue weighted by Crippen LogP contribution is -2.20. The second-order valence-electron chi connectivity index (χ2n) is 5.98. The van der Waals surface area contributed by atoms with Crippen LogP contribution in [0.5, 0.6) is 5.75 Å². The number of amides is 2. The summed E-state index contributed by atoms with van der Waals surface area (Å²) in [5.41, 5.74) is 3.58. The van der Waals surface area contributed by atoms with E-state index in [1.54, 1.807) is 55.5 Å². The Kier molecular flexibility index (Phi) is 9.33. The molecule has 0 bridgehead atoms. The Bertz CT molecular complexity index is 900. The SMILES string of the molecule is CCOC(=O)COc1ccc(C=NNC(=O)CCC(=O)Nc2ccccc2Cl)cc1. The standard InChI is InChI=1S/C21H22ClN3O5/c1-2-29-21(28)14-30-16-9-7-15(8-10-16)13-23-25-20(27)12-11-19(26)24-18-6-4-3-5-17(18)22/h3-10,13H,2,11-12,14H2,1H3,(H,24,26)(H,25,27). The lowest BCUT2D eigenvalue weighted by Gasteiger charge is -2.06. The van der Waals surface area contributed by atoms with E-state index in [0.717, 1.165) is 5.56 Å². The number of anilines is 1. The zero-order chi connectivity index (χ0) is 21.8. The molecule has 0 saturated heterocycles. The van der Waals surface area contributed by atoms with Gasteiger partial charge in [-0.2, -0.15) is 5.10 Å². The predicted octanol–water partition coefficient (Wildman–Crippen LogP) is 3.15. The highest BCUT2D eigenvalue weighted by molar-refractivity contribution is 6.33. The number of carbonyl (C=O) groups is 3. The average molecular weight is 432 g/mol. The summed E-state index contributed by atoms with van der Waals surface area (Å²) in [5, 5.41) is 6.93. The number of halogens is 1. The van der Waals surface area contributed by atoms with E-state index in [4.69, 9.17) is 21.1 Å². The van der Waals surface area contributed by atoms with Gasteiger partial charge in [-0.3, -0.25) is 9.59 Å². The summed E-state index contributed by atoms with van der Waals surface area (Å²) in [5.74, 6) is -0.643. The number of benzene rings is 2. The molecular formula is C21H22ClN3O5. The number of rotatable bonds is 10. The smallest absolute Gasteiger partial charge is 0.344 e. The number of para-hydroxylation sites is 1. The molecule has 0 aliphatic rings. The van der Waals surface area contributed by atoms with Gasteiger partial charge < -0.3 is 14.8 Å². The van der Waals surface area contributed by atoms with Crippen molar-refractivity contribution in [1.29, 1.82) is 0 Å². The fourth-order valence-electron chi connectivity index (χ4n) is 2.23. The summed E-state index contributed by atoms with van der Waals surface area (Å²) in [7, 11) is 0. The van der Waals surface area contributed by atoms with Gasteiger partial charge in [-0.05, 0) is 48.9 Å². The number of nitrogens with one attached hydrogen (secondary N) is 2. The van der Waals surface area contributed by atoms with Crippen LogP contribution in [0.3, 0.4) is 0 Å². The monoisotopic (exact) mass is 431 g/mol. The number of esters is 1. The Morgan fingerprint density at radius 3 is 2.43 bits per heavy atom. The molecule has 0 fully saturated rings. The zero-order valence-electron chi connectivity index (χ0n) is 16.4. The van der Waals surface area contributed by atoms with Crippen LogP contribution in [0, 0.1) is 0 Å². The third-order valence-electron chi connectivity index (χ3n) is 3.67. The minimum atomic E-state index is -0.439. The number of hydrogen-bond acceptors (Lipinski definition) is 6. The van der Waals surface area contributed by atoms with Crippen LogP contribution < -0.4 is 15.5 Å². The van der Waals surface area contributed by atoms with Crippen LogP contribution >= 0.6 is 11.6 Å². The van der Waals surface area contributed by atoms with Gasteiger partial charge in [0.05, 0.1) is 23.5 Å². The highest BCUT2D eigenvalue weighted by Gasteiger charge is 2.08. The molecule has 0 spiro atoms. The Labute approximate surface area is 179 Å². The van der Waals surface area contributed by atoms with Crippen LogP contribution in [0.4, 0.5) is 5.69 Å². The van der Waals surface area contributed by atoms with E-state index in [-0.39, 0.29) is 25.4 Å². The molecule has 8 nitrogen and oxygen atoms in total. The van der Waals surface area contributed by atoms with Gasteiger partial charge in [0, 0.05) is 12.8 Å². The maximum absolute atomic E-state index is 11.9. The molecule has 0 aliphatic heterocycles. The Morgan fingerprint density at radius 1 is 1.03 bits per heavy atom. The average Bonchev–Trinajstić information content (AvgIpc) is 2.73. The number of hydrogen-bond donors (Lipinski definition) is 2. The summed E-state index contributed by atoms with van der Waals surface area (Å²) in [6.07, 6.45) is 1.43. The van der Waals surface area contributed by atoms with Gasteiger partial charge in [0.15, 0.2) is 6.61 Å². The second-order valence-corrected chi connectivity index (χ2v) is 6.39. The molecule has 2 rings (SSSR count). The Balaban J connectivity index is 1.70. The maximum atomic E-state index is 11.9. The molecule has 0 aromatic heterocycles. The molecule has 158 valence electrons. The minimum absolute atomic E-state index is 0.000915. The van der Waals surface area contributed by atoms with Crippen LogP contribution in [0.1, 0.15) is 25.3 Å². The Hall–Kier alpha value is -3.39. The van der Waals surface area contributed by atoms with Gasteiger partial charge in [0.1, 0.15) is 5.75 Å². The van der Waals surface area contributed by atoms with Crippen molar-refractivity contribution < 1.29 is 23.9 Å². The number of ether oxygens (including phenoxy) is 2. The molecule has 0 unspecified atom stereocenters. The molecule has 30 heavy (non-hydrogen) atoms. The van der Waals surface area contributed by atoms with Crippen LogP contribution in [0.2, 0.25) is 5.02 Å². The summed E-state index contributed by atoms with van der Waals surface area (Å²) in [6, 6.07) is 13.6. The molecule has 0 saturated carbocycles. The van der Waals surface area contributed by atoms with Gasteiger partial charge in [-0.15, -0.1) is 0 Å². The highest BCUT2D eigenvalue weighted by Crippen LogP contribution is 2.20. The van der Waals surface area contributed by atoms with E-state index in [1.165, 1.54) is 6.21 Å². The van der Waals surface area contributed by atoms with E-state index in [9.17, 15) is 14.4 Å². The maximum Gasteiger partial charge on any atom is 0.344 e. The van der Waals surface area contributed by atoms with Gasteiger partial charge >= 0.3 is 5.97 Å². The van der Waals surface area contributed by atoms with Crippen molar-refractivity contribution in [3.8, 4) is 5.75 Å². The molecule has 2 aromatic rings. The Morgan fingerprint density at radius 2 is 1.73 bits per heavy atom. The van der Waals surface area contributed by atoms with E-state index < -0.39 is 11.9 Å². The molecule has 2 N–H and O–H groups in total. The van der Waals surface area contributed by atoms with Crippen molar-refractivity contribution in [2.75, 3.05) is 18.5 Å². The predicted molar refractivity (Wildman–Crippen MR) is 114 cm³/mol. The first-order valence-electron chi connectivity index (χ1n) is 9.22. The lowest BCUT2D eigenvalue weighted by atomic mass is 10.2. The van der Waals surface area contributed by atoms with Crippen molar-refractivity contribution in [2.45, 2.75) is 19.8 Å². The summed E-state index contributed by atoms with van der Waals surface area (Å²) in [4.78, 5) is 35.0. The fourth-order valence-corrected chi connectivity index (χ4v) is 2.42. The van der Waals surface area contributed by atoms with E-state index >= 15 is 0 Å². The number of carbonyl (C=O) groups excluding carboxylic acids is 3. The summed E-state index contributed by atoms with van der Waals surface area (Å²) in [6.45, 7) is 1.86. The molecule has 2 amide bonds. The first-order chi connectivity index (χ1) is 14.5. The van der Waals surface area contributed by atoms with Crippen LogP contribution in [0.15, 0.2) is 53.6 Å². The minimum Gasteiger partial charge on any atom is -0.482 e. The first kappa shape index (κ1) is 22.9. The second kappa shape index (κ2) is 12.2. The van der Waals surface area contributed by atoms with Gasteiger partial charge in [0.2, 0.25) is 11.8 Å². The summed E-state index contributed by atoms with van der Waals surface area (Å²) < 4.78 is 10.1. The van der Waals surface area contributed by atoms with E-state index in [0.29, 0.717) is 23.1 Å². The van der Waals surface area contributed by atoms with Crippen LogP contribution in [-0.4, -0.2) is 37.2 Å². The number of hydrazone groups is 1. The third kappa shape index (κ3) is 8.32. The molecule has 0 aliphatic carbocycles. The topological polar surface area (TPSA) is 106 Å². The van der Waals surface area contributed by atoms with Crippen molar-refractivity contribution in [3.63, 3.8) is 0 Å². The third-order valence-corrected chi connectivity index (χ3v) is 4.00. The first-order valence-corrected chi connectivity index (χ1v) is 9.60. The zero-order valence-corrected chi connectivity index (χ0v) is 17.1. The van der Waals surface area contributed by atoms with E-state index in [1.807, 2.05) is 0 Å². The molecule has 2 aromatic carbocycles. The van der Waals surface area contributed by atoms with Crippen LogP contribution in [-0.2, 0) is 19.1 Å². The molecular weight excluding hydrogens is 410 g/mol. The van der Waals surface area contributed by atoms with Crippen molar-refractivity contribution in [1.82, 2.24) is 5.43 Å². The summed E-state index contributed by atoms with van der Waals surface area (Å²) >= 11 is 5.97.